The largest absolute Gasteiger partial charge is 0.357 e. The summed E-state index contributed by atoms with van der Waals surface area (Å²) in [6.45, 7) is 6.91. The van der Waals surface area contributed by atoms with Crippen molar-refractivity contribution in [2.75, 3.05) is 19.6 Å². The number of aliphatic imine (C=N–C) groups is 1. The summed E-state index contributed by atoms with van der Waals surface area (Å²) in [6.07, 6.45) is 7.01. The van der Waals surface area contributed by atoms with Gasteiger partial charge in [-0.1, -0.05) is 25.5 Å². The molecular formula is C18H28IN5. The van der Waals surface area contributed by atoms with Gasteiger partial charge < -0.3 is 10.6 Å². The van der Waals surface area contributed by atoms with E-state index < -0.39 is 0 Å². The first-order chi connectivity index (χ1) is 11.3. The van der Waals surface area contributed by atoms with Crippen LogP contribution in [0.25, 0.3) is 5.69 Å². The van der Waals surface area contributed by atoms with Crippen molar-refractivity contribution < 1.29 is 0 Å². The number of nitrogens with one attached hydrogen (secondary N) is 2. The first kappa shape index (κ1) is 20.5. The second kappa shape index (κ2) is 11.9. The Morgan fingerprint density at radius 1 is 1.17 bits per heavy atom. The van der Waals surface area contributed by atoms with Crippen LogP contribution >= 0.6 is 24.0 Å². The van der Waals surface area contributed by atoms with E-state index in [-0.39, 0.29) is 24.0 Å². The van der Waals surface area contributed by atoms with Crippen LogP contribution < -0.4 is 10.6 Å². The molecular weight excluding hydrogens is 413 g/mol. The van der Waals surface area contributed by atoms with Crippen molar-refractivity contribution in [2.45, 2.75) is 33.1 Å². The van der Waals surface area contributed by atoms with Gasteiger partial charge in [0.2, 0.25) is 0 Å². The molecule has 2 N–H and O–H groups in total. The second-order valence-electron chi connectivity index (χ2n) is 5.41. The number of hydrogen-bond donors (Lipinski definition) is 2. The van der Waals surface area contributed by atoms with Crippen molar-refractivity contribution in [3.05, 3.63) is 48.3 Å². The highest BCUT2D eigenvalue weighted by molar-refractivity contribution is 14.0. The zero-order valence-corrected chi connectivity index (χ0v) is 16.9. The molecule has 132 valence electrons. The van der Waals surface area contributed by atoms with Crippen LogP contribution in [0.3, 0.4) is 0 Å². The highest BCUT2D eigenvalue weighted by atomic mass is 127. The van der Waals surface area contributed by atoms with Crippen LogP contribution in [0.2, 0.25) is 0 Å². The molecule has 0 saturated heterocycles. The van der Waals surface area contributed by atoms with Gasteiger partial charge in [0.25, 0.3) is 0 Å². The number of guanidine groups is 1. The average molecular weight is 441 g/mol. The minimum atomic E-state index is 0. The molecule has 0 bridgehead atoms. The predicted octanol–water partition coefficient (Wildman–Crippen LogP) is 3.39. The molecule has 0 unspecified atom stereocenters. The van der Waals surface area contributed by atoms with E-state index in [1.54, 1.807) is 6.20 Å². The Balaban J connectivity index is 0.00000288. The van der Waals surface area contributed by atoms with E-state index in [2.05, 4.69) is 58.8 Å². The Hall–Kier alpha value is -1.57. The van der Waals surface area contributed by atoms with E-state index in [9.17, 15) is 0 Å². The smallest absolute Gasteiger partial charge is 0.191 e. The first-order valence-electron chi connectivity index (χ1n) is 8.44. The van der Waals surface area contributed by atoms with E-state index in [4.69, 9.17) is 0 Å². The maximum Gasteiger partial charge on any atom is 0.191 e. The van der Waals surface area contributed by atoms with E-state index in [1.165, 1.54) is 12.0 Å². The Morgan fingerprint density at radius 3 is 2.58 bits per heavy atom. The van der Waals surface area contributed by atoms with Crippen LogP contribution in [0.5, 0.6) is 0 Å². The third-order valence-electron chi connectivity index (χ3n) is 3.54. The maximum absolute atomic E-state index is 4.57. The van der Waals surface area contributed by atoms with Crippen molar-refractivity contribution >= 4 is 29.9 Å². The molecule has 2 aromatic rings. The van der Waals surface area contributed by atoms with Crippen molar-refractivity contribution in [3.63, 3.8) is 0 Å². The molecule has 0 atom stereocenters. The van der Waals surface area contributed by atoms with Crippen LogP contribution in [0, 0.1) is 0 Å². The summed E-state index contributed by atoms with van der Waals surface area (Å²) in [6, 6.07) is 10.4. The van der Waals surface area contributed by atoms with Crippen LogP contribution in [0.4, 0.5) is 0 Å². The van der Waals surface area contributed by atoms with Crippen LogP contribution in [0.1, 0.15) is 32.3 Å². The van der Waals surface area contributed by atoms with E-state index in [0.29, 0.717) is 0 Å². The fourth-order valence-corrected chi connectivity index (χ4v) is 2.25. The molecule has 0 aliphatic carbocycles. The SMILES string of the molecule is CCCCN=C(NCC)NCCc1ccc(-n2cccn2)cc1.I. The lowest BCUT2D eigenvalue weighted by atomic mass is 10.1. The summed E-state index contributed by atoms with van der Waals surface area (Å²) in [5, 5.41) is 10.9. The van der Waals surface area contributed by atoms with Gasteiger partial charge in [-0.05, 0) is 43.5 Å². The number of rotatable bonds is 8. The summed E-state index contributed by atoms with van der Waals surface area (Å²) in [4.78, 5) is 4.57. The average Bonchev–Trinajstić information content (AvgIpc) is 3.10. The topological polar surface area (TPSA) is 54.2 Å². The Labute approximate surface area is 162 Å². The molecule has 24 heavy (non-hydrogen) atoms. The monoisotopic (exact) mass is 441 g/mol. The van der Waals surface area contributed by atoms with E-state index in [0.717, 1.165) is 44.1 Å². The minimum absolute atomic E-state index is 0. The molecule has 1 aromatic carbocycles. The summed E-state index contributed by atoms with van der Waals surface area (Å²) in [5.41, 5.74) is 2.39. The van der Waals surface area contributed by atoms with Gasteiger partial charge in [0, 0.05) is 32.0 Å². The summed E-state index contributed by atoms with van der Waals surface area (Å²) < 4.78 is 1.87. The van der Waals surface area contributed by atoms with Crippen LogP contribution in [-0.2, 0) is 6.42 Å². The quantitative estimate of drug-likeness (QED) is 0.286. The molecule has 0 radical (unpaired) electrons. The first-order valence-corrected chi connectivity index (χ1v) is 8.44. The summed E-state index contributed by atoms with van der Waals surface area (Å²) in [7, 11) is 0. The Bertz CT molecular complexity index is 578. The minimum Gasteiger partial charge on any atom is -0.357 e. The van der Waals surface area contributed by atoms with Gasteiger partial charge in [0.15, 0.2) is 5.96 Å². The van der Waals surface area contributed by atoms with Crippen LogP contribution in [-0.4, -0.2) is 35.4 Å². The molecule has 6 heteroatoms. The maximum atomic E-state index is 4.57. The number of hydrogen-bond acceptors (Lipinski definition) is 2. The number of benzene rings is 1. The normalized spacial score (nSPS) is 11.0. The van der Waals surface area contributed by atoms with Crippen molar-refractivity contribution in [3.8, 4) is 5.69 Å². The van der Waals surface area contributed by atoms with Gasteiger partial charge in [-0.3, -0.25) is 4.99 Å². The second-order valence-corrected chi connectivity index (χ2v) is 5.41. The number of halogens is 1. The van der Waals surface area contributed by atoms with Crippen molar-refractivity contribution in [1.82, 2.24) is 20.4 Å². The lowest BCUT2D eigenvalue weighted by Crippen LogP contribution is -2.38. The molecule has 0 fully saturated rings. The van der Waals surface area contributed by atoms with Gasteiger partial charge in [0.1, 0.15) is 0 Å². The molecule has 0 aliphatic rings. The van der Waals surface area contributed by atoms with Gasteiger partial charge in [-0.25, -0.2) is 4.68 Å². The number of unbranched alkanes of at least 4 members (excludes halogenated alkanes) is 1. The van der Waals surface area contributed by atoms with Gasteiger partial charge >= 0.3 is 0 Å². The molecule has 0 aliphatic heterocycles. The fourth-order valence-electron chi connectivity index (χ4n) is 2.25. The van der Waals surface area contributed by atoms with E-state index >= 15 is 0 Å². The zero-order valence-electron chi connectivity index (χ0n) is 14.5. The molecule has 1 heterocycles. The lowest BCUT2D eigenvalue weighted by molar-refractivity contribution is 0.767. The third kappa shape index (κ3) is 6.90. The standard InChI is InChI=1S/C18H27N5.HI/c1-3-5-12-20-18(19-4-2)21-14-11-16-7-9-17(10-8-16)23-15-6-13-22-23;/h6-10,13,15H,3-5,11-12,14H2,1-2H3,(H2,19,20,21);1H. The third-order valence-corrected chi connectivity index (χ3v) is 3.54. The highest BCUT2D eigenvalue weighted by Crippen LogP contribution is 2.08. The summed E-state index contributed by atoms with van der Waals surface area (Å²) >= 11 is 0. The predicted molar refractivity (Wildman–Crippen MR) is 112 cm³/mol. The highest BCUT2D eigenvalue weighted by Gasteiger charge is 1.99. The Morgan fingerprint density at radius 2 is 1.96 bits per heavy atom. The van der Waals surface area contributed by atoms with Crippen molar-refractivity contribution in [2.24, 2.45) is 4.99 Å². The van der Waals surface area contributed by atoms with Gasteiger partial charge in [0.05, 0.1) is 5.69 Å². The van der Waals surface area contributed by atoms with Gasteiger partial charge in [-0.2, -0.15) is 5.10 Å². The molecule has 0 saturated carbocycles. The molecule has 5 nitrogen and oxygen atoms in total. The zero-order chi connectivity index (χ0) is 16.3. The summed E-state index contributed by atoms with van der Waals surface area (Å²) in [5.74, 6) is 0.911. The molecule has 0 amide bonds. The lowest BCUT2D eigenvalue weighted by Gasteiger charge is -2.11. The molecule has 2 rings (SSSR count). The van der Waals surface area contributed by atoms with Gasteiger partial charge in [-0.15, -0.1) is 24.0 Å². The number of nitrogens with zero attached hydrogens (tertiary/aromatic N) is 3. The van der Waals surface area contributed by atoms with Crippen LogP contribution in [0.15, 0.2) is 47.7 Å². The molecule has 0 spiro atoms. The number of aromatic nitrogens is 2. The van der Waals surface area contributed by atoms with Crippen molar-refractivity contribution in [1.29, 1.82) is 0 Å². The Kier molecular flexibility index (Phi) is 10.1. The molecule has 1 aromatic heterocycles. The fraction of sp³-hybridized carbons (Fsp3) is 0.444. The van der Waals surface area contributed by atoms with E-state index in [1.807, 2.05) is 16.9 Å².